The van der Waals surface area contributed by atoms with Gasteiger partial charge < -0.3 is 15.4 Å². The van der Waals surface area contributed by atoms with Gasteiger partial charge in [-0.2, -0.15) is 11.8 Å². The van der Waals surface area contributed by atoms with Gasteiger partial charge in [0.05, 0.1) is 0 Å². The summed E-state index contributed by atoms with van der Waals surface area (Å²) >= 11 is 2.01. The zero-order valence-corrected chi connectivity index (χ0v) is 15.4. The van der Waals surface area contributed by atoms with Crippen LogP contribution in [0, 0.1) is 5.82 Å². The molecule has 1 saturated heterocycles. The third kappa shape index (κ3) is 5.98. The Morgan fingerprint density at radius 2 is 1.96 bits per heavy atom. The minimum atomic E-state index is -0.195. The number of halogens is 1. The first-order valence-corrected chi connectivity index (χ1v) is 9.57. The minimum absolute atomic E-state index is 0.195. The highest BCUT2D eigenvalue weighted by molar-refractivity contribution is 8.00. The first-order valence-electron chi connectivity index (χ1n) is 8.58. The Morgan fingerprint density at radius 3 is 2.58 bits per heavy atom. The summed E-state index contributed by atoms with van der Waals surface area (Å²) in [4.78, 5) is 4.30. The van der Waals surface area contributed by atoms with Crippen LogP contribution in [-0.4, -0.2) is 49.8 Å². The summed E-state index contributed by atoms with van der Waals surface area (Å²) < 4.78 is 18.7. The molecule has 2 N–H and O–H groups in total. The fraction of sp³-hybridized carbons (Fsp3) is 0.611. The van der Waals surface area contributed by atoms with Crippen LogP contribution in [0.5, 0.6) is 0 Å². The second-order valence-electron chi connectivity index (χ2n) is 5.96. The Bertz CT molecular complexity index is 510. The summed E-state index contributed by atoms with van der Waals surface area (Å²) in [6.45, 7) is 5.54. The summed E-state index contributed by atoms with van der Waals surface area (Å²) in [6.07, 6.45) is 2.99. The van der Waals surface area contributed by atoms with Crippen molar-refractivity contribution in [1.29, 1.82) is 0 Å². The van der Waals surface area contributed by atoms with E-state index in [-0.39, 0.29) is 10.6 Å². The highest BCUT2D eigenvalue weighted by Crippen LogP contribution is 2.34. The normalized spacial score (nSPS) is 17.5. The topological polar surface area (TPSA) is 45.7 Å². The molecule has 0 spiro atoms. The first-order chi connectivity index (χ1) is 11.7. The maximum absolute atomic E-state index is 12.9. The lowest BCUT2D eigenvalue weighted by Gasteiger charge is -2.37. The number of thioether (sulfide) groups is 1. The van der Waals surface area contributed by atoms with E-state index in [1.807, 2.05) is 23.9 Å². The summed E-state index contributed by atoms with van der Waals surface area (Å²) in [6, 6.07) is 6.64. The molecule has 0 aliphatic carbocycles. The summed E-state index contributed by atoms with van der Waals surface area (Å²) in [5, 5.41) is 6.80. The van der Waals surface area contributed by atoms with Gasteiger partial charge in [-0.15, -0.1) is 0 Å². The van der Waals surface area contributed by atoms with Crippen molar-refractivity contribution in [2.75, 3.05) is 39.1 Å². The van der Waals surface area contributed by atoms with Gasteiger partial charge in [-0.25, -0.2) is 4.39 Å². The maximum Gasteiger partial charge on any atom is 0.191 e. The molecule has 1 aliphatic rings. The summed E-state index contributed by atoms with van der Waals surface area (Å²) in [5.41, 5.74) is 1.11. The average Bonchev–Trinajstić information content (AvgIpc) is 2.61. The molecular formula is C18H28FN3OS. The second-order valence-corrected chi connectivity index (χ2v) is 7.69. The van der Waals surface area contributed by atoms with Crippen molar-refractivity contribution in [2.24, 2.45) is 4.99 Å². The van der Waals surface area contributed by atoms with Crippen LogP contribution in [0.4, 0.5) is 4.39 Å². The van der Waals surface area contributed by atoms with Gasteiger partial charge in [-0.05, 0) is 42.7 Å². The van der Waals surface area contributed by atoms with Crippen LogP contribution < -0.4 is 10.6 Å². The number of nitrogens with zero attached hydrogens (tertiary/aromatic N) is 1. The molecule has 1 aromatic rings. The molecule has 4 nitrogen and oxygen atoms in total. The van der Waals surface area contributed by atoms with Crippen LogP contribution in [0.2, 0.25) is 0 Å². The van der Waals surface area contributed by atoms with Crippen molar-refractivity contribution >= 4 is 17.7 Å². The molecule has 0 radical (unpaired) electrons. The second kappa shape index (κ2) is 9.89. The lowest BCUT2D eigenvalue weighted by atomic mass is 9.99. The lowest BCUT2D eigenvalue weighted by molar-refractivity contribution is 0.0782. The highest BCUT2D eigenvalue weighted by atomic mass is 32.2. The standard InChI is InChI=1S/C18H28FN3OS/c1-3-24-18(9-12-23-13-10-18)14-22-17(20-2)21-11-8-15-4-6-16(19)7-5-15/h4-7H,3,8-14H2,1-2H3,(H2,20,21,22). The zero-order valence-electron chi connectivity index (χ0n) is 14.6. The van der Waals surface area contributed by atoms with Crippen LogP contribution in [0.1, 0.15) is 25.3 Å². The van der Waals surface area contributed by atoms with E-state index < -0.39 is 0 Å². The molecule has 1 heterocycles. The van der Waals surface area contributed by atoms with Crippen LogP contribution in [0.3, 0.4) is 0 Å². The van der Waals surface area contributed by atoms with E-state index in [4.69, 9.17) is 4.74 Å². The van der Waals surface area contributed by atoms with E-state index >= 15 is 0 Å². The smallest absolute Gasteiger partial charge is 0.191 e. The molecule has 1 fully saturated rings. The van der Waals surface area contributed by atoms with Crippen molar-refractivity contribution < 1.29 is 9.13 Å². The van der Waals surface area contributed by atoms with E-state index in [0.717, 1.165) is 62.8 Å². The van der Waals surface area contributed by atoms with Gasteiger partial charge in [0.1, 0.15) is 5.82 Å². The number of hydrogen-bond donors (Lipinski definition) is 2. The maximum atomic E-state index is 12.9. The minimum Gasteiger partial charge on any atom is -0.381 e. The Hall–Kier alpha value is -1.27. The van der Waals surface area contributed by atoms with Gasteiger partial charge in [0, 0.05) is 38.1 Å². The lowest BCUT2D eigenvalue weighted by Crippen LogP contribution is -2.48. The monoisotopic (exact) mass is 353 g/mol. The average molecular weight is 354 g/mol. The predicted molar refractivity (Wildman–Crippen MR) is 100 cm³/mol. The van der Waals surface area contributed by atoms with E-state index in [9.17, 15) is 4.39 Å². The van der Waals surface area contributed by atoms with Gasteiger partial charge in [0.15, 0.2) is 5.96 Å². The van der Waals surface area contributed by atoms with Crippen LogP contribution in [-0.2, 0) is 11.2 Å². The number of rotatable bonds is 7. The number of hydrogen-bond acceptors (Lipinski definition) is 3. The van der Waals surface area contributed by atoms with E-state index in [1.54, 1.807) is 7.05 Å². The fourth-order valence-corrected chi connectivity index (χ4v) is 4.11. The van der Waals surface area contributed by atoms with E-state index in [1.165, 1.54) is 12.1 Å². The molecule has 0 atom stereocenters. The quantitative estimate of drug-likeness (QED) is 0.584. The van der Waals surface area contributed by atoms with E-state index in [0.29, 0.717) is 0 Å². The van der Waals surface area contributed by atoms with Crippen molar-refractivity contribution in [3.63, 3.8) is 0 Å². The van der Waals surface area contributed by atoms with E-state index in [2.05, 4.69) is 22.5 Å². The number of ether oxygens (including phenoxy) is 1. The third-order valence-electron chi connectivity index (χ3n) is 4.28. The van der Waals surface area contributed by atoms with Crippen molar-refractivity contribution in [3.8, 4) is 0 Å². The SMILES string of the molecule is CCSC1(CNC(=NC)NCCc2ccc(F)cc2)CCOCC1. The fourth-order valence-electron chi connectivity index (χ4n) is 2.86. The van der Waals surface area contributed by atoms with Gasteiger partial charge in [-0.3, -0.25) is 4.99 Å². The van der Waals surface area contributed by atoms with Gasteiger partial charge >= 0.3 is 0 Å². The van der Waals surface area contributed by atoms with Crippen molar-refractivity contribution in [2.45, 2.75) is 30.9 Å². The van der Waals surface area contributed by atoms with Gasteiger partial charge in [-0.1, -0.05) is 19.1 Å². The molecule has 2 rings (SSSR count). The van der Waals surface area contributed by atoms with Crippen LogP contribution in [0.25, 0.3) is 0 Å². The molecule has 134 valence electrons. The summed E-state index contributed by atoms with van der Waals surface area (Å²) in [7, 11) is 1.79. The van der Waals surface area contributed by atoms with Crippen molar-refractivity contribution in [3.05, 3.63) is 35.6 Å². The Balaban J connectivity index is 1.77. The largest absolute Gasteiger partial charge is 0.381 e. The molecule has 6 heteroatoms. The molecule has 0 aromatic heterocycles. The van der Waals surface area contributed by atoms with Gasteiger partial charge in [0.2, 0.25) is 0 Å². The molecule has 0 unspecified atom stereocenters. The van der Waals surface area contributed by atoms with Crippen molar-refractivity contribution in [1.82, 2.24) is 10.6 Å². The zero-order chi connectivity index (χ0) is 17.3. The van der Waals surface area contributed by atoms with Gasteiger partial charge in [0.25, 0.3) is 0 Å². The molecule has 0 amide bonds. The number of aliphatic imine (C=N–C) groups is 1. The molecule has 0 bridgehead atoms. The Kier molecular flexibility index (Phi) is 7.85. The molecule has 24 heavy (non-hydrogen) atoms. The number of benzene rings is 1. The first kappa shape index (κ1) is 19.1. The third-order valence-corrected chi connectivity index (χ3v) is 5.73. The van der Waals surface area contributed by atoms with Crippen LogP contribution >= 0.6 is 11.8 Å². The molecular weight excluding hydrogens is 325 g/mol. The predicted octanol–water partition coefficient (Wildman–Crippen LogP) is 2.84. The number of guanidine groups is 1. The summed E-state index contributed by atoms with van der Waals surface area (Å²) in [5.74, 6) is 1.73. The molecule has 1 aliphatic heterocycles. The number of nitrogens with one attached hydrogen (secondary N) is 2. The molecule has 1 aromatic carbocycles. The Morgan fingerprint density at radius 1 is 1.25 bits per heavy atom. The highest BCUT2D eigenvalue weighted by Gasteiger charge is 2.32. The van der Waals surface area contributed by atoms with Crippen LogP contribution in [0.15, 0.2) is 29.3 Å². The Labute approximate surface area is 148 Å². The molecule has 0 saturated carbocycles.